The van der Waals surface area contributed by atoms with E-state index in [1.165, 1.54) is 12.8 Å². The van der Waals surface area contributed by atoms with Crippen molar-refractivity contribution in [1.82, 2.24) is 4.98 Å². The molecule has 1 heterocycles. The third-order valence-electron chi connectivity index (χ3n) is 3.12. The molecule has 1 saturated carbocycles. The van der Waals surface area contributed by atoms with Crippen molar-refractivity contribution in [1.29, 1.82) is 0 Å². The second-order valence-corrected chi connectivity index (χ2v) is 6.04. The molecular weight excluding hydrogens is 294 g/mol. The summed E-state index contributed by atoms with van der Waals surface area (Å²) in [6.45, 7) is 0.597. The summed E-state index contributed by atoms with van der Waals surface area (Å²) in [5, 5.41) is 0.513. The molecule has 2 aromatic rings. The lowest BCUT2D eigenvalue weighted by Gasteiger charge is -2.09. The SMILES string of the molecule is Nc1ccc(Sc2cc(F)ccc2F)nc1OCC1CC1. The van der Waals surface area contributed by atoms with Crippen LogP contribution in [0.3, 0.4) is 0 Å². The predicted octanol–water partition coefficient (Wildman–Crippen LogP) is 3.88. The minimum Gasteiger partial charge on any atom is -0.476 e. The number of aromatic nitrogens is 1. The normalized spacial score (nSPS) is 14.2. The summed E-state index contributed by atoms with van der Waals surface area (Å²) >= 11 is 1.04. The van der Waals surface area contributed by atoms with Crippen molar-refractivity contribution in [2.75, 3.05) is 12.3 Å². The Balaban J connectivity index is 1.78. The molecule has 110 valence electrons. The fourth-order valence-corrected chi connectivity index (χ4v) is 2.58. The van der Waals surface area contributed by atoms with Crippen LogP contribution in [0.25, 0.3) is 0 Å². The van der Waals surface area contributed by atoms with Crippen molar-refractivity contribution in [2.24, 2.45) is 5.92 Å². The monoisotopic (exact) mass is 308 g/mol. The van der Waals surface area contributed by atoms with Crippen LogP contribution in [0.15, 0.2) is 40.3 Å². The van der Waals surface area contributed by atoms with Crippen molar-refractivity contribution < 1.29 is 13.5 Å². The molecule has 0 spiro atoms. The summed E-state index contributed by atoms with van der Waals surface area (Å²) in [6.07, 6.45) is 2.34. The average molecular weight is 308 g/mol. The molecule has 1 aliphatic carbocycles. The first-order valence-electron chi connectivity index (χ1n) is 6.64. The zero-order chi connectivity index (χ0) is 14.8. The maximum absolute atomic E-state index is 13.6. The molecule has 1 aromatic carbocycles. The van der Waals surface area contributed by atoms with Crippen molar-refractivity contribution >= 4 is 17.4 Å². The van der Waals surface area contributed by atoms with Crippen LogP contribution in [0.1, 0.15) is 12.8 Å². The zero-order valence-corrected chi connectivity index (χ0v) is 12.0. The lowest BCUT2D eigenvalue weighted by Crippen LogP contribution is -2.04. The molecule has 3 rings (SSSR count). The standard InChI is InChI=1S/C15H14F2N2OS/c16-10-3-4-11(17)13(7-10)21-14-6-5-12(18)15(19-14)20-8-9-1-2-9/h3-7,9H,1-2,8,18H2. The van der Waals surface area contributed by atoms with Gasteiger partial charge in [0.15, 0.2) is 0 Å². The average Bonchev–Trinajstić information content (AvgIpc) is 3.27. The van der Waals surface area contributed by atoms with E-state index in [4.69, 9.17) is 10.5 Å². The van der Waals surface area contributed by atoms with Gasteiger partial charge in [0, 0.05) is 0 Å². The number of halogens is 2. The van der Waals surface area contributed by atoms with E-state index in [2.05, 4.69) is 4.98 Å². The van der Waals surface area contributed by atoms with Crippen LogP contribution in [0.5, 0.6) is 5.88 Å². The Morgan fingerprint density at radius 1 is 1.24 bits per heavy atom. The largest absolute Gasteiger partial charge is 0.476 e. The molecule has 3 nitrogen and oxygen atoms in total. The molecule has 2 N–H and O–H groups in total. The Morgan fingerprint density at radius 3 is 2.81 bits per heavy atom. The Kier molecular flexibility index (Phi) is 3.96. The van der Waals surface area contributed by atoms with E-state index < -0.39 is 11.6 Å². The summed E-state index contributed by atoms with van der Waals surface area (Å²) < 4.78 is 32.4. The second-order valence-electron chi connectivity index (χ2n) is 4.98. The molecule has 0 radical (unpaired) electrons. The molecule has 1 aromatic heterocycles. The number of rotatable bonds is 5. The predicted molar refractivity (Wildman–Crippen MR) is 77.3 cm³/mol. The van der Waals surface area contributed by atoms with Gasteiger partial charge in [-0.15, -0.1) is 0 Å². The quantitative estimate of drug-likeness (QED) is 0.910. The van der Waals surface area contributed by atoms with Crippen molar-refractivity contribution in [3.05, 3.63) is 42.0 Å². The summed E-state index contributed by atoms with van der Waals surface area (Å²) in [6, 6.07) is 6.64. The molecule has 0 bridgehead atoms. The lowest BCUT2D eigenvalue weighted by atomic mass is 10.3. The van der Waals surface area contributed by atoms with Crippen molar-refractivity contribution in [3.8, 4) is 5.88 Å². The van der Waals surface area contributed by atoms with Crippen LogP contribution in [0, 0.1) is 17.6 Å². The van der Waals surface area contributed by atoms with Gasteiger partial charge in [-0.05, 0) is 49.1 Å². The van der Waals surface area contributed by atoms with E-state index >= 15 is 0 Å². The number of hydrogen-bond acceptors (Lipinski definition) is 4. The van der Waals surface area contributed by atoms with Gasteiger partial charge < -0.3 is 10.5 Å². The van der Waals surface area contributed by atoms with Crippen LogP contribution in [0.4, 0.5) is 14.5 Å². The topological polar surface area (TPSA) is 48.1 Å². The Hall–Kier alpha value is -1.82. The van der Waals surface area contributed by atoms with E-state index in [0.717, 1.165) is 30.0 Å². The number of anilines is 1. The van der Waals surface area contributed by atoms with Crippen LogP contribution in [-0.4, -0.2) is 11.6 Å². The highest BCUT2D eigenvalue weighted by Gasteiger charge is 2.22. The highest BCUT2D eigenvalue weighted by molar-refractivity contribution is 7.99. The van der Waals surface area contributed by atoms with Crippen molar-refractivity contribution in [2.45, 2.75) is 22.8 Å². The summed E-state index contributed by atoms with van der Waals surface area (Å²) in [5.41, 5.74) is 6.26. The number of ether oxygens (including phenoxy) is 1. The highest BCUT2D eigenvalue weighted by atomic mass is 32.2. The molecule has 21 heavy (non-hydrogen) atoms. The number of pyridine rings is 1. The molecule has 6 heteroatoms. The third kappa shape index (κ3) is 3.64. The lowest BCUT2D eigenvalue weighted by molar-refractivity contribution is 0.288. The Labute approximate surface area is 125 Å². The number of nitrogen functional groups attached to an aromatic ring is 1. The van der Waals surface area contributed by atoms with E-state index in [1.54, 1.807) is 12.1 Å². The number of hydrogen-bond donors (Lipinski definition) is 1. The first-order chi connectivity index (χ1) is 10.1. The first-order valence-corrected chi connectivity index (χ1v) is 7.45. The van der Waals surface area contributed by atoms with Gasteiger partial charge in [0.05, 0.1) is 17.2 Å². The molecule has 1 aliphatic rings. The number of nitrogens with two attached hydrogens (primary N) is 1. The van der Waals surface area contributed by atoms with E-state index in [1.807, 2.05) is 0 Å². The number of benzene rings is 1. The fraction of sp³-hybridized carbons (Fsp3) is 0.267. The molecule has 0 aliphatic heterocycles. The molecule has 0 unspecified atom stereocenters. The van der Waals surface area contributed by atoms with Gasteiger partial charge >= 0.3 is 0 Å². The molecule has 0 saturated heterocycles. The number of nitrogens with zero attached hydrogens (tertiary/aromatic N) is 1. The first kappa shape index (κ1) is 14.1. The van der Waals surface area contributed by atoms with Crippen LogP contribution >= 0.6 is 11.8 Å². The Morgan fingerprint density at radius 2 is 2.05 bits per heavy atom. The Bertz CT molecular complexity index is 662. The minimum absolute atomic E-state index is 0.181. The van der Waals surface area contributed by atoms with E-state index in [9.17, 15) is 8.78 Å². The van der Waals surface area contributed by atoms with Gasteiger partial charge in [-0.3, -0.25) is 0 Å². The fourth-order valence-electron chi connectivity index (χ4n) is 1.76. The maximum atomic E-state index is 13.6. The molecule has 0 amide bonds. The summed E-state index contributed by atoms with van der Waals surface area (Å²) in [5.74, 6) is -0.0353. The highest BCUT2D eigenvalue weighted by Crippen LogP contribution is 2.33. The van der Waals surface area contributed by atoms with Crippen molar-refractivity contribution in [3.63, 3.8) is 0 Å². The van der Waals surface area contributed by atoms with Gasteiger partial charge in [0.1, 0.15) is 16.7 Å². The van der Waals surface area contributed by atoms with Gasteiger partial charge in [-0.2, -0.15) is 0 Å². The minimum atomic E-state index is -0.487. The van der Waals surface area contributed by atoms with Crippen LogP contribution in [0.2, 0.25) is 0 Å². The summed E-state index contributed by atoms with van der Waals surface area (Å²) in [7, 11) is 0. The van der Waals surface area contributed by atoms with Crippen LogP contribution < -0.4 is 10.5 Å². The zero-order valence-electron chi connectivity index (χ0n) is 11.2. The molecule has 1 fully saturated rings. The van der Waals surface area contributed by atoms with Crippen LogP contribution in [-0.2, 0) is 0 Å². The van der Waals surface area contributed by atoms with Gasteiger partial charge in [-0.25, -0.2) is 13.8 Å². The molecule has 0 atom stereocenters. The van der Waals surface area contributed by atoms with E-state index in [-0.39, 0.29) is 4.90 Å². The van der Waals surface area contributed by atoms with E-state index in [0.29, 0.717) is 29.1 Å². The smallest absolute Gasteiger partial charge is 0.238 e. The van der Waals surface area contributed by atoms with Gasteiger partial charge in [-0.1, -0.05) is 11.8 Å². The maximum Gasteiger partial charge on any atom is 0.238 e. The summed E-state index contributed by atoms with van der Waals surface area (Å²) in [4.78, 5) is 4.45. The van der Waals surface area contributed by atoms with Gasteiger partial charge in [0.25, 0.3) is 0 Å². The third-order valence-corrected chi connectivity index (χ3v) is 4.09. The van der Waals surface area contributed by atoms with Gasteiger partial charge in [0.2, 0.25) is 5.88 Å². The molecular formula is C15H14F2N2OS. The second kappa shape index (κ2) is 5.89.